The molecule has 0 atom stereocenters. The van der Waals surface area contributed by atoms with Crippen LogP contribution in [-0.4, -0.2) is 64.1 Å². The van der Waals surface area contributed by atoms with Crippen molar-refractivity contribution < 1.29 is 13.2 Å². The molecule has 0 aliphatic carbocycles. The van der Waals surface area contributed by atoms with Crippen molar-refractivity contribution in [3.63, 3.8) is 0 Å². The monoisotopic (exact) mass is 441 g/mol. The van der Waals surface area contributed by atoms with Crippen LogP contribution < -0.4 is 0 Å². The minimum Gasteiger partial charge on any atom is -0.337 e. The Bertz CT molecular complexity index is 1180. The summed E-state index contributed by atoms with van der Waals surface area (Å²) in [4.78, 5) is 15.0. The van der Waals surface area contributed by atoms with Crippen molar-refractivity contribution in [2.45, 2.75) is 25.2 Å². The highest BCUT2D eigenvalue weighted by Gasteiger charge is 2.32. The lowest BCUT2D eigenvalue weighted by Crippen LogP contribution is -2.37. The Morgan fingerprint density at radius 3 is 2.26 bits per heavy atom. The highest BCUT2D eigenvalue weighted by Crippen LogP contribution is 2.24. The molecule has 0 radical (unpaired) electrons. The summed E-state index contributed by atoms with van der Waals surface area (Å²) >= 11 is 0. The molecule has 164 valence electrons. The average Bonchev–Trinajstić information content (AvgIpc) is 3.28. The van der Waals surface area contributed by atoms with Crippen LogP contribution in [0.25, 0.3) is 5.69 Å². The Morgan fingerprint density at radius 1 is 0.968 bits per heavy atom. The number of sulfonamides is 1. The van der Waals surface area contributed by atoms with E-state index in [0.29, 0.717) is 43.0 Å². The normalized spacial score (nSPS) is 15.8. The lowest BCUT2D eigenvalue weighted by atomic mass is 10.1. The molecule has 1 amide bonds. The molecule has 1 aliphatic rings. The van der Waals surface area contributed by atoms with E-state index in [0.717, 1.165) is 5.69 Å². The van der Waals surface area contributed by atoms with Crippen LogP contribution in [0.1, 0.15) is 28.2 Å². The van der Waals surface area contributed by atoms with Crippen LogP contribution in [0.2, 0.25) is 0 Å². The summed E-state index contributed by atoms with van der Waals surface area (Å²) in [5.74, 6) is -0.0768. The van der Waals surface area contributed by atoms with Gasteiger partial charge in [0, 0.05) is 56.9 Å². The van der Waals surface area contributed by atoms with Crippen LogP contribution in [0.3, 0.4) is 0 Å². The van der Waals surface area contributed by atoms with Gasteiger partial charge in [-0.15, -0.1) is 0 Å². The van der Waals surface area contributed by atoms with E-state index in [9.17, 15) is 13.2 Å². The van der Waals surface area contributed by atoms with Crippen LogP contribution in [0.5, 0.6) is 0 Å². The van der Waals surface area contributed by atoms with E-state index >= 15 is 0 Å². The second kappa shape index (κ2) is 8.32. The minimum absolute atomic E-state index is 0.0768. The molecule has 0 bridgehead atoms. The van der Waals surface area contributed by atoms with E-state index in [2.05, 4.69) is 5.10 Å². The predicted octanol–water partition coefficient (Wildman–Crippen LogP) is 2.36. The predicted molar refractivity (Wildman–Crippen MR) is 118 cm³/mol. The van der Waals surface area contributed by atoms with Crippen molar-refractivity contribution in [3.8, 4) is 5.69 Å². The third kappa shape index (κ3) is 4.03. The first-order chi connectivity index (χ1) is 14.8. The van der Waals surface area contributed by atoms with Gasteiger partial charge in [0.1, 0.15) is 4.90 Å². The van der Waals surface area contributed by atoms with Gasteiger partial charge in [-0.25, -0.2) is 8.42 Å². The smallest absolute Gasteiger partial charge is 0.253 e. The van der Waals surface area contributed by atoms with E-state index in [1.54, 1.807) is 30.5 Å². The number of carbonyl (C=O) groups excluding carboxylic acids is 1. The number of nitrogens with zero attached hydrogens (tertiary/aromatic N) is 5. The maximum atomic E-state index is 13.3. The Hall–Kier alpha value is -2.91. The third-order valence-corrected chi connectivity index (χ3v) is 7.95. The summed E-state index contributed by atoms with van der Waals surface area (Å²) in [6, 6.07) is 11.4. The van der Waals surface area contributed by atoms with E-state index in [-0.39, 0.29) is 17.3 Å². The standard InChI is InChI=1S/C22H27N5O3S/c1-17-21(18(2)24(3)23-17)31(29,30)27-14-6-13-26(15-16-27)22(28)19-7-9-20(10-8-19)25-11-4-5-12-25/h4-5,7-12H,6,13-16H2,1-3H3. The molecule has 4 rings (SSSR count). The fourth-order valence-corrected chi connectivity index (χ4v) is 5.93. The molecule has 1 saturated heterocycles. The fourth-order valence-electron chi connectivity index (χ4n) is 4.06. The molecule has 3 aromatic rings. The molecule has 1 aliphatic heterocycles. The molecule has 1 aromatic carbocycles. The van der Waals surface area contributed by atoms with Crippen molar-refractivity contribution in [2.24, 2.45) is 7.05 Å². The van der Waals surface area contributed by atoms with Gasteiger partial charge in [-0.1, -0.05) is 0 Å². The van der Waals surface area contributed by atoms with Gasteiger partial charge in [0.05, 0.1) is 11.4 Å². The van der Waals surface area contributed by atoms with Crippen molar-refractivity contribution in [1.29, 1.82) is 0 Å². The van der Waals surface area contributed by atoms with Gasteiger partial charge in [0.15, 0.2) is 0 Å². The molecule has 0 N–H and O–H groups in total. The number of aromatic nitrogens is 3. The van der Waals surface area contributed by atoms with Crippen molar-refractivity contribution >= 4 is 15.9 Å². The number of benzene rings is 1. The Kier molecular flexibility index (Phi) is 5.72. The summed E-state index contributed by atoms with van der Waals surface area (Å²) in [7, 11) is -1.92. The molecule has 3 heterocycles. The summed E-state index contributed by atoms with van der Waals surface area (Å²) in [6.07, 6.45) is 4.49. The number of aryl methyl sites for hydroxylation is 2. The zero-order chi connectivity index (χ0) is 22.2. The highest BCUT2D eigenvalue weighted by atomic mass is 32.2. The largest absolute Gasteiger partial charge is 0.337 e. The summed E-state index contributed by atoms with van der Waals surface area (Å²) in [6.45, 7) is 5.00. The number of amides is 1. The SMILES string of the molecule is Cc1nn(C)c(C)c1S(=O)(=O)N1CCCN(C(=O)c2ccc(-n3cccc3)cc2)CC1. The molecule has 0 saturated carbocycles. The summed E-state index contributed by atoms with van der Waals surface area (Å²) < 4.78 is 31.6. The zero-order valence-electron chi connectivity index (χ0n) is 18.0. The molecule has 0 unspecified atom stereocenters. The van der Waals surface area contributed by atoms with Crippen LogP contribution in [0.15, 0.2) is 53.7 Å². The second-order valence-electron chi connectivity index (χ2n) is 7.81. The molecule has 9 heteroatoms. The van der Waals surface area contributed by atoms with Gasteiger partial charge in [-0.05, 0) is 56.7 Å². The van der Waals surface area contributed by atoms with Gasteiger partial charge in [-0.3, -0.25) is 9.48 Å². The maximum absolute atomic E-state index is 13.3. The number of rotatable bonds is 4. The average molecular weight is 442 g/mol. The van der Waals surface area contributed by atoms with E-state index in [4.69, 9.17) is 0 Å². The van der Waals surface area contributed by atoms with Crippen LogP contribution in [0.4, 0.5) is 0 Å². The number of hydrogen-bond acceptors (Lipinski definition) is 4. The van der Waals surface area contributed by atoms with E-state index in [1.165, 1.54) is 4.31 Å². The second-order valence-corrected chi connectivity index (χ2v) is 9.69. The Labute approximate surface area is 182 Å². The topological polar surface area (TPSA) is 80.4 Å². The van der Waals surface area contributed by atoms with Crippen LogP contribution in [0, 0.1) is 13.8 Å². The van der Waals surface area contributed by atoms with E-state index < -0.39 is 10.0 Å². The molecule has 1 fully saturated rings. The minimum atomic E-state index is -3.66. The van der Waals surface area contributed by atoms with Gasteiger partial charge in [0.25, 0.3) is 5.91 Å². The molecule has 8 nitrogen and oxygen atoms in total. The van der Waals surface area contributed by atoms with Crippen LogP contribution >= 0.6 is 0 Å². The highest BCUT2D eigenvalue weighted by molar-refractivity contribution is 7.89. The zero-order valence-corrected chi connectivity index (χ0v) is 18.8. The van der Waals surface area contributed by atoms with Crippen LogP contribution in [-0.2, 0) is 17.1 Å². The maximum Gasteiger partial charge on any atom is 0.253 e. The van der Waals surface area contributed by atoms with Crippen molar-refractivity contribution in [2.75, 3.05) is 26.2 Å². The van der Waals surface area contributed by atoms with Crippen molar-refractivity contribution in [1.82, 2.24) is 23.6 Å². The van der Waals surface area contributed by atoms with E-state index in [1.807, 2.05) is 53.4 Å². The van der Waals surface area contributed by atoms with Gasteiger partial charge in [-0.2, -0.15) is 9.40 Å². The number of hydrogen-bond donors (Lipinski definition) is 0. The molecular weight excluding hydrogens is 414 g/mol. The molecular formula is C22H27N5O3S. The molecule has 0 spiro atoms. The molecule has 2 aromatic heterocycles. The molecule has 31 heavy (non-hydrogen) atoms. The Morgan fingerprint density at radius 2 is 1.65 bits per heavy atom. The first kappa shape index (κ1) is 21.3. The van der Waals surface area contributed by atoms with Crippen molar-refractivity contribution in [3.05, 3.63) is 65.7 Å². The Balaban J connectivity index is 1.48. The number of carbonyl (C=O) groups is 1. The fraction of sp³-hybridized carbons (Fsp3) is 0.364. The quantitative estimate of drug-likeness (QED) is 0.623. The lowest BCUT2D eigenvalue weighted by Gasteiger charge is -2.22. The first-order valence-electron chi connectivity index (χ1n) is 10.3. The van der Waals surface area contributed by atoms with Gasteiger partial charge in [0.2, 0.25) is 10.0 Å². The summed E-state index contributed by atoms with van der Waals surface area (Å²) in [5, 5.41) is 4.25. The first-order valence-corrected chi connectivity index (χ1v) is 11.8. The van der Waals surface area contributed by atoms with Gasteiger partial charge < -0.3 is 9.47 Å². The van der Waals surface area contributed by atoms with Gasteiger partial charge >= 0.3 is 0 Å². The third-order valence-electron chi connectivity index (χ3n) is 5.80. The lowest BCUT2D eigenvalue weighted by molar-refractivity contribution is 0.0764. The summed E-state index contributed by atoms with van der Waals surface area (Å²) in [5.41, 5.74) is 2.71.